The van der Waals surface area contributed by atoms with Crippen LogP contribution in [0.25, 0.3) is 11.4 Å². The van der Waals surface area contributed by atoms with Gasteiger partial charge in [-0.15, -0.1) is 0 Å². The Kier molecular flexibility index (Phi) is 4.61. The molecule has 1 heterocycles. The minimum absolute atomic E-state index is 0.420. The van der Waals surface area contributed by atoms with Gasteiger partial charge in [0.25, 0.3) is 0 Å². The van der Waals surface area contributed by atoms with Gasteiger partial charge in [-0.1, -0.05) is 12.1 Å². The lowest BCUT2D eigenvalue weighted by Crippen LogP contribution is -2.01. The fourth-order valence-electron chi connectivity index (χ4n) is 2.40. The molecule has 0 aliphatic rings. The molecule has 1 aromatic heterocycles. The molecule has 3 N–H and O–H groups in total. The lowest BCUT2D eigenvalue weighted by Gasteiger charge is -2.09. The molecule has 0 unspecified atom stereocenters. The summed E-state index contributed by atoms with van der Waals surface area (Å²) in [6.45, 7) is 4.64. The normalized spacial score (nSPS) is 10.4. The Bertz CT molecular complexity index is 831. The predicted molar refractivity (Wildman–Crippen MR) is 97.5 cm³/mol. The van der Waals surface area contributed by atoms with Crippen LogP contribution >= 0.6 is 0 Å². The molecule has 0 saturated heterocycles. The number of rotatable bonds is 5. The monoisotopic (exact) mass is 320 g/mol. The van der Waals surface area contributed by atoms with Crippen LogP contribution in [0.3, 0.4) is 0 Å². The number of ether oxygens (including phenoxy) is 1. The third kappa shape index (κ3) is 3.81. The second-order valence-corrected chi connectivity index (χ2v) is 5.45. The largest absolute Gasteiger partial charge is 0.494 e. The summed E-state index contributed by atoms with van der Waals surface area (Å²) in [7, 11) is 0. The first-order valence-electron chi connectivity index (χ1n) is 7.85. The first kappa shape index (κ1) is 15.8. The average molecular weight is 320 g/mol. The Labute approximate surface area is 141 Å². The zero-order valence-corrected chi connectivity index (χ0v) is 13.8. The van der Waals surface area contributed by atoms with Crippen molar-refractivity contribution >= 4 is 17.3 Å². The molecule has 0 amide bonds. The van der Waals surface area contributed by atoms with Gasteiger partial charge in [0.15, 0.2) is 5.82 Å². The Morgan fingerprint density at radius 3 is 2.54 bits per heavy atom. The molecule has 0 atom stereocenters. The van der Waals surface area contributed by atoms with Crippen LogP contribution < -0.4 is 15.8 Å². The highest BCUT2D eigenvalue weighted by Gasteiger charge is 2.06. The molecule has 0 radical (unpaired) electrons. The number of nitrogens with two attached hydrogens (primary N) is 1. The molecule has 0 bridgehead atoms. The molecule has 3 rings (SSSR count). The summed E-state index contributed by atoms with van der Waals surface area (Å²) in [6.07, 6.45) is 0. The van der Waals surface area contributed by atoms with Gasteiger partial charge in [0, 0.05) is 17.3 Å². The number of hydrogen-bond acceptors (Lipinski definition) is 5. The van der Waals surface area contributed by atoms with Gasteiger partial charge < -0.3 is 15.8 Å². The summed E-state index contributed by atoms with van der Waals surface area (Å²) in [4.78, 5) is 8.89. The molecule has 122 valence electrons. The van der Waals surface area contributed by atoms with Gasteiger partial charge in [-0.05, 0) is 55.8 Å². The van der Waals surface area contributed by atoms with E-state index in [1.165, 1.54) is 5.56 Å². The van der Waals surface area contributed by atoms with E-state index < -0.39 is 0 Å². The molecule has 2 aromatic carbocycles. The van der Waals surface area contributed by atoms with Gasteiger partial charge in [-0.3, -0.25) is 0 Å². The number of nitrogen functional groups attached to an aromatic ring is 1. The molecule has 24 heavy (non-hydrogen) atoms. The van der Waals surface area contributed by atoms with Crippen molar-refractivity contribution in [2.24, 2.45) is 0 Å². The summed E-state index contributed by atoms with van der Waals surface area (Å²) in [5.41, 5.74) is 8.97. The smallest absolute Gasteiger partial charge is 0.163 e. The number of nitrogens with zero attached hydrogens (tertiary/aromatic N) is 2. The van der Waals surface area contributed by atoms with E-state index in [4.69, 9.17) is 10.5 Å². The topological polar surface area (TPSA) is 73.1 Å². The minimum Gasteiger partial charge on any atom is -0.494 e. The molecular formula is C19H20N4O. The third-order valence-corrected chi connectivity index (χ3v) is 3.46. The van der Waals surface area contributed by atoms with E-state index >= 15 is 0 Å². The maximum Gasteiger partial charge on any atom is 0.163 e. The summed E-state index contributed by atoms with van der Waals surface area (Å²) in [5.74, 6) is 2.48. The lowest BCUT2D eigenvalue weighted by molar-refractivity contribution is 0.340. The van der Waals surface area contributed by atoms with Crippen LogP contribution in [0.2, 0.25) is 0 Å². The molecule has 3 aromatic rings. The molecule has 5 nitrogen and oxygen atoms in total. The van der Waals surface area contributed by atoms with Crippen molar-refractivity contribution in [3.05, 3.63) is 60.2 Å². The Hall–Kier alpha value is -3.08. The van der Waals surface area contributed by atoms with Crippen LogP contribution in [-0.4, -0.2) is 16.6 Å². The quantitative estimate of drug-likeness (QED) is 0.738. The first-order chi connectivity index (χ1) is 11.6. The SMILES string of the molecule is CCOc1ccc(-c2nc(N)cc(Nc3cccc(C)c3)n2)cc1. The van der Waals surface area contributed by atoms with Crippen molar-refractivity contribution in [1.29, 1.82) is 0 Å². The second-order valence-electron chi connectivity index (χ2n) is 5.45. The van der Waals surface area contributed by atoms with Crippen molar-refractivity contribution in [2.45, 2.75) is 13.8 Å². The highest BCUT2D eigenvalue weighted by atomic mass is 16.5. The summed E-state index contributed by atoms with van der Waals surface area (Å²) in [6, 6.07) is 17.5. The van der Waals surface area contributed by atoms with Crippen molar-refractivity contribution in [2.75, 3.05) is 17.7 Å². The van der Waals surface area contributed by atoms with Crippen molar-refractivity contribution < 1.29 is 4.74 Å². The van der Waals surface area contributed by atoms with Gasteiger partial charge in [0.2, 0.25) is 0 Å². The number of hydrogen-bond donors (Lipinski definition) is 2. The maximum absolute atomic E-state index is 5.94. The fourth-order valence-corrected chi connectivity index (χ4v) is 2.40. The van der Waals surface area contributed by atoms with Crippen LogP contribution in [0.4, 0.5) is 17.3 Å². The van der Waals surface area contributed by atoms with Gasteiger partial charge in [-0.25, -0.2) is 9.97 Å². The highest BCUT2D eigenvalue weighted by molar-refractivity contribution is 5.65. The summed E-state index contributed by atoms with van der Waals surface area (Å²) in [5, 5.41) is 3.27. The second kappa shape index (κ2) is 7.00. The van der Waals surface area contributed by atoms with Crippen LogP contribution in [0, 0.1) is 6.92 Å². The van der Waals surface area contributed by atoms with E-state index in [2.05, 4.69) is 21.4 Å². The van der Waals surface area contributed by atoms with Gasteiger partial charge in [-0.2, -0.15) is 0 Å². The van der Waals surface area contributed by atoms with E-state index in [9.17, 15) is 0 Å². The number of nitrogens with one attached hydrogen (secondary N) is 1. The first-order valence-corrected chi connectivity index (χ1v) is 7.85. The van der Waals surface area contributed by atoms with Crippen molar-refractivity contribution in [3.63, 3.8) is 0 Å². The van der Waals surface area contributed by atoms with Crippen LogP contribution in [0.15, 0.2) is 54.6 Å². The van der Waals surface area contributed by atoms with E-state index in [-0.39, 0.29) is 0 Å². The molecule has 0 fully saturated rings. The lowest BCUT2D eigenvalue weighted by atomic mass is 10.2. The molecule has 0 aliphatic heterocycles. The maximum atomic E-state index is 5.94. The van der Waals surface area contributed by atoms with E-state index in [1.54, 1.807) is 6.07 Å². The number of benzene rings is 2. The van der Waals surface area contributed by atoms with Crippen LogP contribution in [0.1, 0.15) is 12.5 Å². The van der Waals surface area contributed by atoms with Crippen molar-refractivity contribution in [1.82, 2.24) is 9.97 Å². The van der Waals surface area contributed by atoms with E-state index in [1.807, 2.05) is 56.3 Å². The molecule has 0 aliphatic carbocycles. The Morgan fingerprint density at radius 2 is 1.83 bits per heavy atom. The highest BCUT2D eigenvalue weighted by Crippen LogP contribution is 2.23. The zero-order valence-electron chi connectivity index (χ0n) is 13.8. The van der Waals surface area contributed by atoms with E-state index in [0.717, 1.165) is 17.0 Å². The fraction of sp³-hybridized carbons (Fsp3) is 0.158. The van der Waals surface area contributed by atoms with Gasteiger partial charge >= 0.3 is 0 Å². The van der Waals surface area contributed by atoms with Gasteiger partial charge in [0.1, 0.15) is 17.4 Å². The molecule has 5 heteroatoms. The van der Waals surface area contributed by atoms with Gasteiger partial charge in [0.05, 0.1) is 6.61 Å². The number of aryl methyl sites for hydroxylation is 1. The van der Waals surface area contributed by atoms with E-state index in [0.29, 0.717) is 24.1 Å². The Balaban J connectivity index is 1.88. The van der Waals surface area contributed by atoms with Crippen molar-refractivity contribution in [3.8, 4) is 17.1 Å². The zero-order chi connectivity index (χ0) is 16.9. The van der Waals surface area contributed by atoms with Crippen LogP contribution in [0.5, 0.6) is 5.75 Å². The molecular weight excluding hydrogens is 300 g/mol. The number of anilines is 3. The predicted octanol–water partition coefficient (Wildman–Crippen LogP) is 4.18. The summed E-state index contributed by atoms with van der Waals surface area (Å²) < 4.78 is 5.46. The Morgan fingerprint density at radius 1 is 1.04 bits per heavy atom. The average Bonchev–Trinajstić information content (AvgIpc) is 2.55. The number of aromatic nitrogens is 2. The summed E-state index contributed by atoms with van der Waals surface area (Å²) >= 11 is 0. The minimum atomic E-state index is 0.420. The standard InChI is InChI=1S/C19H20N4O/c1-3-24-16-9-7-14(8-10-16)19-22-17(20)12-18(23-19)21-15-6-4-5-13(2)11-15/h4-12H,3H2,1-2H3,(H3,20,21,22,23). The molecule has 0 saturated carbocycles. The van der Waals surface area contributed by atoms with Crippen LogP contribution in [-0.2, 0) is 0 Å². The third-order valence-electron chi connectivity index (χ3n) is 3.46. The molecule has 0 spiro atoms.